The predicted octanol–water partition coefficient (Wildman–Crippen LogP) is 2.03. The molecule has 1 aliphatic heterocycles. The molecule has 0 radical (unpaired) electrons. The van der Waals surface area contributed by atoms with E-state index in [0.717, 1.165) is 6.07 Å². The molecule has 0 aliphatic carbocycles. The van der Waals surface area contributed by atoms with E-state index in [1.165, 1.54) is 0 Å². The van der Waals surface area contributed by atoms with Crippen molar-refractivity contribution in [3.8, 4) is 0 Å². The van der Waals surface area contributed by atoms with Gasteiger partial charge in [0.15, 0.2) is 0 Å². The van der Waals surface area contributed by atoms with Crippen LogP contribution < -0.4 is 5.32 Å². The van der Waals surface area contributed by atoms with Crippen LogP contribution in [-0.4, -0.2) is 19.1 Å². The predicted molar refractivity (Wildman–Crippen MR) is 53.1 cm³/mol. The third kappa shape index (κ3) is 2.61. The lowest BCUT2D eigenvalue weighted by atomic mass is 10.0. The number of carbonyl (C=O) groups is 1. The Bertz CT molecular complexity index is 463. The van der Waals surface area contributed by atoms with Crippen LogP contribution in [0.2, 0.25) is 0 Å². The quantitative estimate of drug-likeness (QED) is 0.787. The lowest BCUT2D eigenvalue weighted by Gasteiger charge is -2.24. The van der Waals surface area contributed by atoms with Crippen LogP contribution in [0.15, 0.2) is 18.2 Å². The Kier molecular flexibility index (Phi) is 3.25. The number of halogens is 4. The lowest BCUT2D eigenvalue weighted by molar-refractivity contribution is -0.138. The van der Waals surface area contributed by atoms with Gasteiger partial charge in [-0.25, -0.2) is 4.39 Å². The first kappa shape index (κ1) is 12.8. The molecule has 1 heterocycles. The van der Waals surface area contributed by atoms with Crippen LogP contribution in [0, 0.1) is 5.82 Å². The van der Waals surface area contributed by atoms with E-state index in [1.54, 1.807) is 0 Å². The van der Waals surface area contributed by atoms with Gasteiger partial charge in [0.25, 0.3) is 0 Å². The van der Waals surface area contributed by atoms with Crippen molar-refractivity contribution in [3.05, 3.63) is 35.1 Å². The van der Waals surface area contributed by atoms with Gasteiger partial charge in [0.2, 0.25) is 5.91 Å². The molecule has 1 atom stereocenters. The van der Waals surface area contributed by atoms with Crippen molar-refractivity contribution in [2.75, 3.05) is 13.2 Å². The maximum absolute atomic E-state index is 13.5. The Labute approximate surface area is 99.7 Å². The number of rotatable bonds is 1. The molecule has 18 heavy (non-hydrogen) atoms. The molecule has 0 spiro atoms. The normalized spacial score (nSPS) is 20.7. The molecule has 0 saturated carbocycles. The van der Waals surface area contributed by atoms with Crippen LogP contribution in [0.25, 0.3) is 0 Å². The molecule has 1 unspecified atom stereocenters. The fourth-order valence-corrected chi connectivity index (χ4v) is 1.66. The third-order valence-electron chi connectivity index (χ3n) is 2.57. The first-order valence-electron chi connectivity index (χ1n) is 5.13. The van der Waals surface area contributed by atoms with E-state index in [2.05, 4.69) is 5.32 Å². The van der Waals surface area contributed by atoms with Gasteiger partial charge in [-0.3, -0.25) is 4.79 Å². The summed E-state index contributed by atoms with van der Waals surface area (Å²) in [6.45, 7) is -0.336. The Morgan fingerprint density at radius 1 is 1.33 bits per heavy atom. The minimum absolute atomic E-state index is 0.0446. The van der Waals surface area contributed by atoms with Crippen LogP contribution in [-0.2, 0) is 15.7 Å². The van der Waals surface area contributed by atoms with Gasteiger partial charge in [-0.05, 0) is 18.2 Å². The maximum atomic E-state index is 13.5. The molecule has 2 rings (SSSR count). The molecular weight excluding hydrogens is 254 g/mol. The van der Waals surface area contributed by atoms with E-state index in [0.29, 0.717) is 12.1 Å². The summed E-state index contributed by atoms with van der Waals surface area (Å²) in [4.78, 5) is 10.8. The Morgan fingerprint density at radius 3 is 2.61 bits per heavy atom. The summed E-state index contributed by atoms with van der Waals surface area (Å²) in [5.41, 5.74) is -1.15. The second-order valence-corrected chi connectivity index (χ2v) is 3.84. The van der Waals surface area contributed by atoms with Crippen molar-refractivity contribution >= 4 is 5.91 Å². The fourth-order valence-electron chi connectivity index (χ4n) is 1.66. The van der Waals surface area contributed by atoms with Crippen molar-refractivity contribution in [2.45, 2.75) is 12.3 Å². The molecule has 1 amide bonds. The Balaban J connectivity index is 2.29. The highest BCUT2D eigenvalue weighted by atomic mass is 19.4. The number of hydrogen-bond donors (Lipinski definition) is 1. The number of nitrogens with one attached hydrogen (secondary N) is 1. The van der Waals surface area contributed by atoms with Gasteiger partial charge in [-0.2, -0.15) is 13.2 Å². The molecule has 1 N–H and O–H groups in total. The highest BCUT2D eigenvalue weighted by Crippen LogP contribution is 2.32. The molecule has 1 aromatic rings. The second-order valence-electron chi connectivity index (χ2n) is 3.84. The van der Waals surface area contributed by atoms with Gasteiger partial charge in [-0.15, -0.1) is 0 Å². The Hall–Kier alpha value is -1.63. The van der Waals surface area contributed by atoms with Crippen molar-refractivity contribution in [1.29, 1.82) is 0 Å². The van der Waals surface area contributed by atoms with E-state index in [9.17, 15) is 22.4 Å². The van der Waals surface area contributed by atoms with E-state index >= 15 is 0 Å². The van der Waals surface area contributed by atoms with Gasteiger partial charge in [-0.1, -0.05) is 0 Å². The number of carbonyl (C=O) groups excluding carboxylic acids is 1. The smallest absolute Gasteiger partial charge is 0.362 e. The maximum Gasteiger partial charge on any atom is 0.416 e. The van der Waals surface area contributed by atoms with Crippen LogP contribution in [0.1, 0.15) is 17.2 Å². The third-order valence-corrected chi connectivity index (χ3v) is 2.57. The molecule has 1 aliphatic rings. The van der Waals surface area contributed by atoms with Crippen LogP contribution in [0.3, 0.4) is 0 Å². The molecule has 98 valence electrons. The van der Waals surface area contributed by atoms with Gasteiger partial charge in [0, 0.05) is 12.1 Å². The van der Waals surface area contributed by atoms with E-state index in [4.69, 9.17) is 4.74 Å². The number of benzene rings is 1. The standard InChI is InChI=1S/C11H9F4NO2/c12-8-2-1-6(11(13,14)15)3-7(8)9-4-16-10(17)5-18-9/h1-3,9H,4-5H2,(H,16,17). The largest absolute Gasteiger partial charge is 0.416 e. The number of amides is 1. The van der Waals surface area contributed by atoms with Gasteiger partial charge in [0.05, 0.1) is 5.56 Å². The molecule has 7 heteroatoms. The van der Waals surface area contributed by atoms with Gasteiger partial charge in [0.1, 0.15) is 18.5 Å². The average Bonchev–Trinajstić information content (AvgIpc) is 2.29. The number of morpholine rings is 1. The Morgan fingerprint density at radius 2 is 2.06 bits per heavy atom. The van der Waals surface area contributed by atoms with Crippen molar-refractivity contribution < 1.29 is 27.1 Å². The summed E-state index contributed by atoms with van der Waals surface area (Å²) >= 11 is 0. The van der Waals surface area contributed by atoms with Crippen molar-refractivity contribution in [1.82, 2.24) is 5.32 Å². The summed E-state index contributed by atoms with van der Waals surface area (Å²) < 4.78 is 56.0. The van der Waals surface area contributed by atoms with E-state index in [1.807, 2.05) is 0 Å². The molecule has 3 nitrogen and oxygen atoms in total. The van der Waals surface area contributed by atoms with Crippen molar-refractivity contribution in [3.63, 3.8) is 0 Å². The number of alkyl halides is 3. The summed E-state index contributed by atoms with van der Waals surface area (Å²) in [7, 11) is 0. The highest BCUT2D eigenvalue weighted by molar-refractivity contribution is 5.77. The number of hydrogen-bond acceptors (Lipinski definition) is 2. The SMILES string of the molecule is O=C1COC(c2cc(C(F)(F)F)ccc2F)CN1. The van der Waals surface area contributed by atoms with Crippen LogP contribution >= 0.6 is 0 Å². The molecule has 0 aromatic heterocycles. The van der Waals surface area contributed by atoms with Gasteiger partial charge < -0.3 is 10.1 Å². The monoisotopic (exact) mass is 263 g/mol. The minimum Gasteiger partial charge on any atom is -0.362 e. The highest BCUT2D eigenvalue weighted by Gasteiger charge is 2.32. The average molecular weight is 263 g/mol. The summed E-state index contributed by atoms with van der Waals surface area (Å²) in [5, 5.41) is 2.40. The zero-order chi connectivity index (χ0) is 13.3. The molecule has 1 fully saturated rings. The first-order chi connectivity index (χ1) is 8.38. The summed E-state index contributed by atoms with van der Waals surface area (Å²) in [6.07, 6.45) is -5.44. The molecular formula is C11H9F4NO2. The lowest BCUT2D eigenvalue weighted by Crippen LogP contribution is -2.39. The topological polar surface area (TPSA) is 38.3 Å². The number of ether oxygens (including phenoxy) is 1. The molecule has 1 saturated heterocycles. The summed E-state index contributed by atoms with van der Waals surface area (Å²) in [6, 6.07) is 2.12. The minimum atomic E-state index is -4.54. The zero-order valence-electron chi connectivity index (χ0n) is 9.05. The van der Waals surface area contributed by atoms with Crippen LogP contribution in [0.4, 0.5) is 17.6 Å². The first-order valence-corrected chi connectivity index (χ1v) is 5.13. The van der Waals surface area contributed by atoms with Crippen molar-refractivity contribution in [2.24, 2.45) is 0 Å². The second kappa shape index (κ2) is 4.56. The fraction of sp³-hybridized carbons (Fsp3) is 0.364. The van der Waals surface area contributed by atoms with Crippen LogP contribution in [0.5, 0.6) is 0 Å². The summed E-state index contributed by atoms with van der Waals surface area (Å²) in [5.74, 6) is -1.16. The van der Waals surface area contributed by atoms with E-state index < -0.39 is 23.7 Å². The molecule has 1 aromatic carbocycles. The van der Waals surface area contributed by atoms with Gasteiger partial charge >= 0.3 is 6.18 Å². The van der Waals surface area contributed by atoms with E-state index in [-0.39, 0.29) is 24.6 Å². The molecule has 0 bridgehead atoms. The zero-order valence-corrected chi connectivity index (χ0v) is 9.05.